The van der Waals surface area contributed by atoms with Crippen molar-refractivity contribution in [1.29, 1.82) is 0 Å². The molecule has 6 nitrogen and oxygen atoms in total. The highest BCUT2D eigenvalue weighted by molar-refractivity contribution is 5.71. The minimum atomic E-state index is -0.797. The first-order valence-corrected chi connectivity index (χ1v) is 34.6. The van der Waals surface area contributed by atoms with Crippen molar-refractivity contribution >= 4 is 17.9 Å². The summed E-state index contributed by atoms with van der Waals surface area (Å²) in [5.74, 6) is -0.922. The second kappa shape index (κ2) is 68.1. The number of esters is 3. The van der Waals surface area contributed by atoms with Gasteiger partial charge in [-0.25, -0.2) is 0 Å². The Morgan fingerprint density at radius 2 is 0.512 bits per heavy atom. The van der Waals surface area contributed by atoms with E-state index in [9.17, 15) is 14.4 Å². The fourth-order valence-corrected chi connectivity index (χ4v) is 9.94. The van der Waals surface area contributed by atoms with E-state index in [1.807, 2.05) is 0 Å². The average Bonchev–Trinajstić information content (AvgIpc) is 3.46. The number of carbonyl (C=O) groups is 3. The minimum absolute atomic E-state index is 0.0903. The van der Waals surface area contributed by atoms with Crippen molar-refractivity contribution in [2.75, 3.05) is 13.2 Å². The van der Waals surface area contributed by atoms with E-state index in [1.54, 1.807) is 0 Å². The number of hydrogen-bond donors (Lipinski definition) is 0. The van der Waals surface area contributed by atoms with Crippen molar-refractivity contribution in [2.24, 2.45) is 0 Å². The number of hydrogen-bond acceptors (Lipinski definition) is 6. The van der Waals surface area contributed by atoms with E-state index in [4.69, 9.17) is 14.2 Å². The van der Waals surface area contributed by atoms with Crippen LogP contribution in [0.3, 0.4) is 0 Å². The van der Waals surface area contributed by atoms with Gasteiger partial charge in [0.2, 0.25) is 0 Å². The van der Waals surface area contributed by atoms with Crippen molar-refractivity contribution in [3.63, 3.8) is 0 Å². The lowest BCUT2D eigenvalue weighted by Gasteiger charge is -2.18. The van der Waals surface area contributed by atoms with E-state index in [0.717, 1.165) is 116 Å². The average molecular weight is 1120 g/mol. The summed E-state index contributed by atoms with van der Waals surface area (Å²) in [7, 11) is 0. The normalized spacial score (nSPS) is 12.6. The zero-order valence-corrected chi connectivity index (χ0v) is 53.1. The summed E-state index contributed by atoms with van der Waals surface area (Å²) in [6.07, 6.45) is 90.7. The third-order valence-corrected chi connectivity index (χ3v) is 15.1. The zero-order chi connectivity index (χ0) is 57.8. The van der Waals surface area contributed by atoms with Crippen LogP contribution in [-0.2, 0) is 28.6 Å². The van der Waals surface area contributed by atoms with Gasteiger partial charge >= 0.3 is 17.9 Å². The Labute approximate surface area is 496 Å². The Bertz CT molecular complexity index is 1520. The molecule has 0 saturated heterocycles. The van der Waals surface area contributed by atoms with Gasteiger partial charge < -0.3 is 14.2 Å². The SMILES string of the molecule is CC/C=C\C/C=C\C/C=C\C/C=C\C/C=C\CCCCCC(=O)OC(COC(=O)CCCCCCC/C=C\CCC)COC(=O)CCCCCCCCCCCCCCCCCCCCCCC/C=C\CCCCCCCCCC. The fraction of sp³-hybridized carbons (Fsp3) is 0.770. The quantitative estimate of drug-likeness (QED) is 0.0261. The molecule has 0 fully saturated rings. The number of carbonyl (C=O) groups excluding carboxylic acids is 3. The van der Waals surface area contributed by atoms with Crippen LogP contribution >= 0.6 is 0 Å². The lowest BCUT2D eigenvalue weighted by Crippen LogP contribution is -2.30. The summed E-state index contributed by atoms with van der Waals surface area (Å²) >= 11 is 0. The molecule has 80 heavy (non-hydrogen) atoms. The van der Waals surface area contributed by atoms with Gasteiger partial charge in [-0.15, -0.1) is 0 Å². The highest BCUT2D eigenvalue weighted by Gasteiger charge is 2.19. The van der Waals surface area contributed by atoms with Gasteiger partial charge in [0, 0.05) is 19.3 Å². The Morgan fingerprint density at radius 3 is 0.838 bits per heavy atom. The van der Waals surface area contributed by atoms with Crippen molar-refractivity contribution < 1.29 is 28.6 Å². The van der Waals surface area contributed by atoms with Gasteiger partial charge in [0.15, 0.2) is 6.10 Å². The van der Waals surface area contributed by atoms with Crippen LogP contribution < -0.4 is 0 Å². The van der Waals surface area contributed by atoms with Crippen LogP contribution in [0.2, 0.25) is 0 Å². The van der Waals surface area contributed by atoms with E-state index in [2.05, 4.69) is 106 Å². The fourth-order valence-electron chi connectivity index (χ4n) is 9.94. The third-order valence-electron chi connectivity index (χ3n) is 15.1. The Balaban J connectivity index is 4.12. The molecule has 6 heteroatoms. The van der Waals surface area contributed by atoms with Gasteiger partial charge in [0.05, 0.1) is 0 Å². The van der Waals surface area contributed by atoms with Crippen molar-refractivity contribution in [1.82, 2.24) is 0 Å². The predicted octanol–water partition coefficient (Wildman–Crippen LogP) is 23.8. The second-order valence-corrected chi connectivity index (χ2v) is 23.1. The molecule has 1 atom stereocenters. The standard InChI is InChI=1S/C74H130O6/c1-4-7-10-13-16-19-22-24-26-28-30-31-32-33-34-35-36-37-38-39-40-41-42-43-45-46-48-50-52-55-58-61-64-67-73(76)79-70-71(69-78-72(75)66-63-60-57-54-21-18-15-12-9-6-3)80-74(77)68-65-62-59-56-53-51-49-47-44-29-27-25-23-20-17-14-11-8-5-2/h8,11-12,15,17,20,25,27-28,30,44,47,51,53,71H,4-7,9-10,13-14,16,18-19,21-24,26,29,31-43,45-46,48-50,52,54-70H2,1-3H3/b11-8-,15-12-,20-17-,27-25-,30-28-,47-44-,53-51-. The van der Waals surface area contributed by atoms with E-state index >= 15 is 0 Å². The van der Waals surface area contributed by atoms with Gasteiger partial charge in [-0.2, -0.15) is 0 Å². The maximum absolute atomic E-state index is 12.9. The predicted molar refractivity (Wildman–Crippen MR) is 348 cm³/mol. The molecule has 0 rings (SSSR count). The summed E-state index contributed by atoms with van der Waals surface area (Å²) in [4.78, 5) is 38.2. The van der Waals surface area contributed by atoms with Crippen molar-refractivity contribution in [2.45, 2.75) is 354 Å². The van der Waals surface area contributed by atoms with Crippen LogP contribution in [0.25, 0.3) is 0 Å². The first-order chi connectivity index (χ1) is 39.5. The molecule has 0 aliphatic rings. The number of allylic oxidation sites excluding steroid dienone is 14. The number of unbranched alkanes of at least 4 members (excludes halogenated alkanes) is 38. The maximum atomic E-state index is 12.9. The summed E-state index contributed by atoms with van der Waals surface area (Å²) in [6, 6.07) is 0. The van der Waals surface area contributed by atoms with Gasteiger partial charge in [-0.1, -0.05) is 305 Å². The number of ether oxygens (including phenoxy) is 3. The van der Waals surface area contributed by atoms with Crippen LogP contribution in [-0.4, -0.2) is 37.2 Å². The van der Waals surface area contributed by atoms with Gasteiger partial charge in [-0.05, 0) is 109 Å². The molecule has 0 spiro atoms. The first kappa shape index (κ1) is 76.6. The topological polar surface area (TPSA) is 78.9 Å². The van der Waals surface area contributed by atoms with Crippen molar-refractivity contribution in [3.05, 3.63) is 85.1 Å². The van der Waals surface area contributed by atoms with Crippen molar-refractivity contribution in [3.8, 4) is 0 Å². The lowest BCUT2D eigenvalue weighted by molar-refractivity contribution is -0.167. The Hall–Kier alpha value is -3.41. The molecule has 0 radical (unpaired) electrons. The lowest BCUT2D eigenvalue weighted by atomic mass is 10.0. The molecule has 0 N–H and O–H groups in total. The first-order valence-electron chi connectivity index (χ1n) is 34.6. The molecule has 0 amide bonds. The molecule has 0 heterocycles. The zero-order valence-electron chi connectivity index (χ0n) is 53.1. The van der Waals surface area contributed by atoms with Crippen LogP contribution in [0.5, 0.6) is 0 Å². The summed E-state index contributed by atoms with van der Waals surface area (Å²) in [6.45, 7) is 6.46. The highest BCUT2D eigenvalue weighted by Crippen LogP contribution is 2.17. The smallest absolute Gasteiger partial charge is 0.306 e. The summed E-state index contributed by atoms with van der Waals surface area (Å²) in [5.41, 5.74) is 0. The van der Waals surface area contributed by atoms with Crippen LogP contribution in [0, 0.1) is 0 Å². The Morgan fingerprint density at radius 1 is 0.263 bits per heavy atom. The monoisotopic (exact) mass is 1110 g/mol. The summed E-state index contributed by atoms with van der Waals surface area (Å²) < 4.78 is 16.9. The Kier molecular flexibility index (Phi) is 65.2. The van der Waals surface area contributed by atoms with Gasteiger partial charge in [-0.3, -0.25) is 14.4 Å². The molecule has 0 aromatic heterocycles. The summed E-state index contributed by atoms with van der Waals surface area (Å²) in [5, 5.41) is 0. The van der Waals surface area contributed by atoms with Crippen LogP contribution in [0.15, 0.2) is 85.1 Å². The molecule has 0 aliphatic heterocycles. The molecule has 0 aromatic carbocycles. The van der Waals surface area contributed by atoms with E-state index < -0.39 is 6.10 Å². The second-order valence-electron chi connectivity index (χ2n) is 23.1. The largest absolute Gasteiger partial charge is 0.462 e. The third kappa shape index (κ3) is 65.4. The molecular weight excluding hydrogens is 985 g/mol. The molecule has 1 unspecified atom stereocenters. The molecular formula is C74H130O6. The van der Waals surface area contributed by atoms with Gasteiger partial charge in [0.25, 0.3) is 0 Å². The molecule has 462 valence electrons. The molecule has 0 aromatic rings. The molecule has 0 aliphatic carbocycles. The number of rotatable bonds is 63. The van der Waals surface area contributed by atoms with Gasteiger partial charge in [0.1, 0.15) is 13.2 Å². The molecule has 0 saturated carbocycles. The van der Waals surface area contributed by atoms with E-state index in [-0.39, 0.29) is 37.5 Å². The van der Waals surface area contributed by atoms with E-state index in [1.165, 1.54) is 193 Å². The minimum Gasteiger partial charge on any atom is -0.462 e. The van der Waals surface area contributed by atoms with Crippen LogP contribution in [0.1, 0.15) is 348 Å². The van der Waals surface area contributed by atoms with E-state index in [0.29, 0.717) is 12.8 Å². The van der Waals surface area contributed by atoms with Crippen LogP contribution in [0.4, 0.5) is 0 Å². The highest BCUT2D eigenvalue weighted by atomic mass is 16.6. The molecule has 0 bridgehead atoms. The maximum Gasteiger partial charge on any atom is 0.306 e.